The van der Waals surface area contributed by atoms with Crippen LogP contribution in [0.25, 0.3) is 16.2 Å². The van der Waals surface area contributed by atoms with E-state index in [0.717, 1.165) is 11.6 Å². The molecule has 0 aliphatic rings. The van der Waals surface area contributed by atoms with Gasteiger partial charge in [-0.15, -0.1) is 11.3 Å². The number of benzene rings is 1. The van der Waals surface area contributed by atoms with Crippen LogP contribution >= 0.6 is 11.3 Å². The molecule has 0 saturated heterocycles. The fraction of sp³-hybridized carbons (Fsp3) is 0.130. The molecule has 1 N–H and O–H groups in total. The van der Waals surface area contributed by atoms with Crippen molar-refractivity contribution in [1.82, 2.24) is 24.4 Å². The summed E-state index contributed by atoms with van der Waals surface area (Å²) in [5.41, 5.74) is 0.173. The summed E-state index contributed by atoms with van der Waals surface area (Å²) in [4.78, 5) is 17.6. The molecule has 0 atom stereocenters. The van der Waals surface area contributed by atoms with Crippen LogP contribution in [-0.2, 0) is 12.7 Å². The fourth-order valence-corrected chi connectivity index (χ4v) is 4.19. The van der Waals surface area contributed by atoms with Gasteiger partial charge >= 0.3 is 6.18 Å². The molecule has 0 fully saturated rings. The summed E-state index contributed by atoms with van der Waals surface area (Å²) in [5.74, 6) is 0.0336. The smallest absolute Gasteiger partial charge is 0.433 e. The zero-order valence-corrected chi connectivity index (χ0v) is 19.0. The molecule has 5 rings (SSSR count). The number of amides is 1. The third kappa shape index (κ3) is 4.73. The first-order valence-corrected chi connectivity index (χ1v) is 11.2. The lowest BCUT2D eigenvalue weighted by Crippen LogP contribution is -2.15. The van der Waals surface area contributed by atoms with Crippen molar-refractivity contribution in [3.8, 4) is 16.3 Å². The Bertz CT molecular complexity index is 1510. The van der Waals surface area contributed by atoms with E-state index in [4.69, 9.17) is 4.74 Å². The number of halogens is 3. The number of nitrogens with one attached hydrogen (secondary N) is 1. The predicted octanol–water partition coefficient (Wildman–Crippen LogP) is 4.98. The van der Waals surface area contributed by atoms with Gasteiger partial charge in [0.2, 0.25) is 0 Å². The number of thiophene rings is 1. The van der Waals surface area contributed by atoms with Gasteiger partial charge in [-0.2, -0.15) is 23.4 Å². The Kier molecular flexibility index (Phi) is 5.73. The molecule has 0 bridgehead atoms. The van der Waals surface area contributed by atoms with E-state index in [2.05, 4.69) is 20.5 Å². The number of nitrogens with zero attached hydrogens (tertiary/aromatic N) is 5. The van der Waals surface area contributed by atoms with Crippen molar-refractivity contribution in [3.63, 3.8) is 0 Å². The highest BCUT2D eigenvalue weighted by Crippen LogP contribution is 2.33. The van der Waals surface area contributed by atoms with Gasteiger partial charge in [0.1, 0.15) is 5.75 Å². The van der Waals surface area contributed by atoms with Gasteiger partial charge in [0.25, 0.3) is 5.91 Å². The lowest BCUT2D eigenvalue weighted by Gasteiger charge is -2.10. The average Bonchev–Trinajstić information content (AvgIpc) is 3.58. The summed E-state index contributed by atoms with van der Waals surface area (Å²) in [7, 11) is 1.58. The first kappa shape index (κ1) is 22.6. The molecule has 1 amide bonds. The van der Waals surface area contributed by atoms with Gasteiger partial charge in [-0.1, -0.05) is 18.2 Å². The summed E-state index contributed by atoms with van der Waals surface area (Å²) in [6.07, 6.45) is -1.63. The molecule has 0 aliphatic heterocycles. The molecule has 4 heterocycles. The molecular formula is C23H17F3N6O2S. The Morgan fingerprint density at radius 2 is 2.03 bits per heavy atom. The topological polar surface area (TPSA) is 86.3 Å². The quantitative estimate of drug-likeness (QED) is 0.357. The van der Waals surface area contributed by atoms with Gasteiger partial charge in [0.05, 0.1) is 36.1 Å². The third-order valence-electron chi connectivity index (χ3n) is 5.09. The number of methoxy groups -OCH3 is 1. The van der Waals surface area contributed by atoms with Crippen LogP contribution in [0.4, 0.5) is 18.9 Å². The SMILES string of the molecule is COc1cccc(Cn2cc(NC(=O)c3cc4nc(-c5cccs5)cc(C(F)(F)F)n4n3)cn2)c1. The fourth-order valence-electron chi connectivity index (χ4n) is 3.51. The number of aromatic nitrogens is 5. The van der Waals surface area contributed by atoms with Gasteiger partial charge in [-0.3, -0.25) is 9.48 Å². The number of carbonyl (C=O) groups is 1. The second-order valence-corrected chi connectivity index (χ2v) is 8.48. The number of carbonyl (C=O) groups excluding carboxylic acids is 1. The van der Waals surface area contributed by atoms with Gasteiger partial charge in [0.15, 0.2) is 17.0 Å². The number of ether oxygens (including phenoxy) is 1. The van der Waals surface area contributed by atoms with Crippen molar-refractivity contribution in [2.45, 2.75) is 12.7 Å². The Labute approximate surface area is 200 Å². The van der Waals surface area contributed by atoms with E-state index in [1.807, 2.05) is 24.3 Å². The lowest BCUT2D eigenvalue weighted by molar-refractivity contribution is -0.142. The molecule has 178 valence electrons. The maximum atomic E-state index is 13.7. The first-order valence-electron chi connectivity index (χ1n) is 10.3. The minimum Gasteiger partial charge on any atom is -0.497 e. The molecule has 1 aromatic carbocycles. The van der Waals surface area contributed by atoms with E-state index in [-0.39, 0.29) is 17.0 Å². The molecule has 0 radical (unpaired) electrons. The Hall–Kier alpha value is -4.19. The Morgan fingerprint density at radius 3 is 2.77 bits per heavy atom. The highest BCUT2D eigenvalue weighted by atomic mass is 32.1. The largest absolute Gasteiger partial charge is 0.497 e. The Balaban J connectivity index is 1.39. The molecule has 5 aromatic rings. The van der Waals surface area contributed by atoms with Crippen LogP contribution in [0.1, 0.15) is 21.7 Å². The van der Waals surface area contributed by atoms with Gasteiger partial charge in [-0.05, 0) is 35.2 Å². The van der Waals surface area contributed by atoms with Crippen molar-refractivity contribution < 1.29 is 22.7 Å². The summed E-state index contributed by atoms with van der Waals surface area (Å²) in [6.45, 7) is 0.436. The first-order chi connectivity index (χ1) is 16.8. The van der Waals surface area contributed by atoms with E-state index in [1.165, 1.54) is 23.6 Å². The van der Waals surface area contributed by atoms with Crippen molar-refractivity contribution in [2.75, 3.05) is 12.4 Å². The maximum Gasteiger partial charge on any atom is 0.433 e. The van der Waals surface area contributed by atoms with E-state index < -0.39 is 17.8 Å². The molecule has 0 aliphatic carbocycles. The number of hydrogen-bond acceptors (Lipinski definition) is 6. The molecule has 12 heteroatoms. The molecule has 0 saturated carbocycles. The Morgan fingerprint density at radius 1 is 1.17 bits per heavy atom. The van der Waals surface area contributed by atoms with Crippen molar-refractivity contribution >= 4 is 28.6 Å². The molecule has 0 unspecified atom stereocenters. The minimum absolute atomic E-state index is 0.0814. The van der Waals surface area contributed by atoms with Crippen LogP contribution in [0.15, 0.2) is 66.3 Å². The van der Waals surface area contributed by atoms with Crippen LogP contribution < -0.4 is 10.1 Å². The zero-order valence-electron chi connectivity index (χ0n) is 18.2. The van der Waals surface area contributed by atoms with Crippen molar-refractivity contribution in [2.24, 2.45) is 0 Å². The maximum absolute atomic E-state index is 13.7. The number of rotatable bonds is 6. The summed E-state index contributed by atoms with van der Waals surface area (Å²) in [6, 6.07) is 13.0. The van der Waals surface area contributed by atoms with Crippen LogP contribution in [0, 0.1) is 0 Å². The van der Waals surface area contributed by atoms with Crippen molar-refractivity contribution in [3.05, 3.63) is 83.3 Å². The number of hydrogen-bond donors (Lipinski definition) is 1. The average molecular weight is 498 g/mol. The molecule has 0 spiro atoms. The summed E-state index contributed by atoms with van der Waals surface area (Å²) in [5, 5.41) is 12.5. The molecule has 8 nitrogen and oxygen atoms in total. The van der Waals surface area contributed by atoms with Crippen LogP contribution in [0.3, 0.4) is 0 Å². The normalized spacial score (nSPS) is 11.7. The van der Waals surface area contributed by atoms with Gasteiger partial charge in [0, 0.05) is 12.3 Å². The minimum atomic E-state index is -4.69. The van der Waals surface area contributed by atoms with E-state index in [9.17, 15) is 18.0 Å². The second kappa shape index (κ2) is 8.87. The molecular weight excluding hydrogens is 481 g/mol. The van der Waals surface area contributed by atoms with Gasteiger partial charge in [-0.25, -0.2) is 9.50 Å². The molecule has 4 aromatic heterocycles. The van der Waals surface area contributed by atoms with E-state index in [0.29, 0.717) is 27.4 Å². The van der Waals surface area contributed by atoms with Crippen LogP contribution in [0.5, 0.6) is 5.75 Å². The van der Waals surface area contributed by atoms with Crippen LogP contribution in [0.2, 0.25) is 0 Å². The highest BCUT2D eigenvalue weighted by molar-refractivity contribution is 7.13. The number of alkyl halides is 3. The number of fused-ring (bicyclic) bond motifs is 1. The van der Waals surface area contributed by atoms with E-state index in [1.54, 1.807) is 35.5 Å². The zero-order chi connectivity index (χ0) is 24.6. The monoisotopic (exact) mass is 498 g/mol. The number of anilines is 1. The van der Waals surface area contributed by atoms with E-state index >= 15 is 0 Å². The van der Waals surface area contributed by atoms with Crippen molar-refractivity contribution in [1.29, 1.82) is 0 Å². The van der Waals surface area contributed by atoms with Crippen LogP contribution in [-0.4, -0.2) is 37.4 Å². The standard InChI is InChI=1S/C23H17F3N6O2S/c1-34-16-5-2-4-14(8-16)12-31-13-15(11-27-31)28-22(33)18-10-21-29-17(19-6-3-7-35-19)9-20(23(24,25)26)32(21)30-18/h2-11,13H,12H2,1H3,(H,28,33). The summed E-state index contributed by atoms with van der Waals surface area (Å²) >= 11 is 1.27. The summed E-state index contributed by atoms with van der Waals surface area (Å²) < 4.78 is 48.6. The lowest BCUT2D eigenvalue weighted by atomic mass is 10.2. The second-order valence-electron chi connectivity index (χ2n) is 7.53. The predicted molar refractivity (Wildman–Crippen MR) is 124 cm³/mol. The highest BCUT2D eigenvalue weighted by Gasteiger charge is 2.35. The van der Waals surface area contributed by atoms with Gasteiger partial charge < -0.3 is 10.1 Å². The molecule has 35 heavy (non-hydrogen) atoms. The third-order valence-corrected chi connectivity index (χ3v) is 5.99.